The average Bonchev–Trinajstić information content (AvgIpc) is 2.71. The molecule has 0 saturated carbocycles. The Morgan fingerprint density at radius 3 is 3.20 bits per heavy atom. The van der Waals surface area contributed by atoms with Crippen LogP contribution >= 0.6 is 0 Å². The molecule has 0 aliphatic carbocycles. The lowest BCUT2D eigenvalue weighted by Crippen LogP contribution is -2.09. The monoisotopic (exact) mass is 206 g/mol. The molecule has 1 atom stereocenters. The Morgan fingerprint density at radius 2 is 2.47 bits per heavy atom. The van der Waals surface area contributed by atoms with Crippen LogP contribution in [0, 0.1) is 12.8 Å². The predicted octanol–water partition coefficient (Wildman–Crippen LogP) is 2.23. The highest BCUT2D eigenvalue weighted by Crippen LogP contribution is 2.16. The summed E-state index contributed by atoms with van der Waals surface area (Å²) in [5, 5.41) is 3.35. The first-order chi connectivity index (χ1) is 7.34. The average molecular weight is 206 g/mol. The summed E-state index contributed by atoms with van der Waals surface area (Å²) in [5.74, 6) is 1.72. The third-order valence-corrected chi connectivity index (χ3v) is 2.77. The van der Waals surface area contributed by atoms with E-state index < -0.39 is 0 Å². The van der Waals surface area contributed by atoms with Crippen molar-refractivity contribution in [3.05, 3.63) is 23.9 Å². The summed E-state index contributed by atoms with van der Waals surface area (Å²) < 4.78 is 5.34. The summed E-state index contributed by atoms with van der Waals surface area (Å²) in [4.78, 5) is 4.39. The van der Waals surface area contributed by atoms with Crippen molar-refractivity contribution in [2.45, 2.75) is 19.8 Å². The Balaban J connectivity index is 1.73. The van der Waals surface area contributed by atoms with Crippen LogP contribution in [-0.2, 0) is 4.74 Å². The standard InChI is InChI=1S/C12H18N2O/c1-10-3-2-4-12(14-10)13-7-5-11-6-8-15-9-11/h2-4,11H,5-9H2,1H3,(H,13,14). The summed E-state index contributed by atoms with van der Waals surface area (Å²) in [6, 6.07) is 6.05. The lowest BCUT2D eigenvalue weighted by molar-refractivity contribution is 0.185. The molecule has 0 bridgehead atoms. The van der Waals surface area contributed by atoms with E-state index in [2.05, 4.69) is 10.3 Å². The van der Waals surface area contributed by atoms with Crippen molar-refractivity contribution in [1.82, 2.24) is 4.98 Å². The largest absolute Gasteiger partial charge is 0.381 e. The van der Waals surface area contributed by atoms with Crippen LogP contribution < -0.4 is 5.32 Å². The number of nitrogens with zero attached hydrogens (tertiary/aromatic N) is 1. The minimum atomic E-state index is 0.738. The van der Waals surface area contributed by atoms with Gasteiger partial charge in [0.15, 0.2) is 0 Å². The second-order valence-corrected chi connectivity index (χ2v) is 4.11. The quantitative estimate of drug-likeness (QED) is 0.820. The van der Waals surface area contributed by atoms with Crippen LogP contribution in [0.4, 0.5) is 5.82 Å². The molecule has 3 nitrogen and oxygen atoms in total. The van der Waals surface area contributed by atoms with Gasteiger partial charge in [-0.1, -0.05) is 6.07 Å². The SMILES string of the molecule is Cc1cccc(NCCC2CCOC2)n1. The third kappa shape index (κ3) is 3.20. The minimum absolute atomic E-state index is 0.738. The Labute approximate surface area is 90.9 Å². The van der Waals surface area contributed by atoms with E-state index in [0.717, 1.165) is 37.2 Å². The van der Waals surface area contributed by atoms with Gasteiger partial charge in [0.25, 0.3) is 0 Å². The van der Waals surface area contributed by atoms with Gasteiger partial charge in [0, 0.05) is 25.5 Å². The smallest absolute Gasteiger partial charge is 0.126 e. The zero-order chi connectivity index (χ0) is 10.5. The van der Waals surface area contributed by atoms with Crippen molar-refractivity contribution >= 4 is 5.82 Å². The number of aromatic nitrogens is 1. The molecule has 0 aromatic carbocycles. The van der Waals surface area contributed by atoms with Gasteiger partial charge in [-0.15, -0.1) is 0 Å². The number of hydrogen-bond acceptors (Lipinski definition) is 3. The number of hydrogen-bond donors (Lipinski definition) is 1. The first kappa shape index (κ1) is 10.4. The lowest BCUT2D eigenvalue weighted by Gasteiger charge is -2.09. The fraction of sp³-hybridized carbons (Fsp3) is 0.583. The second kappa shape index (κ2) is 5.12. The molecule has 0 amide bonds. The molecule has 1 aromatic rings. The van der Waals surface area contributed by atoms with Gasteiger partial charge >= 0.3 is 0 Å². The van der Waals surface area contributed by atoms with E-state index in [0.29, 0.717) is 0 Å². The molecule has 1 aliphatic rings. The van der Waals surface area contributed by atoms with E-state index in [1.165, 1.54) is 12.8 Å². The van der Waals surface area contributed by atoms with Gasteiger partial charge in [-0.3, -0.25) is 0 Å². The van der Waals surface area contributed by atoms with E-state index in [-0.39, 0.29) is 0 Å². The molecule has 82 valence electrons. The highest BCUT2D eigenvalue weighted by molar-refractivity contribution is 5.34. The van der Waals surface area contributed by atoms with Crippen molar-refractivity contribution in [1.29, 1.82) is 0 Å². The number of pyridine rings is 1. The Bertz CT molecular complexity index is 308. The van der Waals surface area contributed by atoms with Crippen LogP contribution in [0.2, 0.25) is 0 Å². The summed E-state index contributed by atoms with van der Waals surface area (Å²) in [7, 11) is 0. The molecule has 1 aliphatic heterocycles. The van der Waals surface area contributed by atoms with Crippen LogP contribution in [0.5, 0.6) is 0 Å². The molecule has 1 N–H and O–H groups in total. The maximum absolute atomic E-state index is 5.34. The molecule has 15 heavy (non-hydrogen) atoms. The van der Waals surface area contributed by atoms with E-state index in [4.69, 9.17) is 4.74 Å². The molecule has 0 spiro atoms. The molecular weight excluding hydrogens is 188 g/mol. The fourth-order valence-electron chi connectivity index (χ4n) is 1.86. The van der Waals surface area contributed by atoms with E-state index in [9.17, 15) is 0 Å². The van der Waals surface area contributed by atoms with Crippen LogP contribution in [-0.4, -0.2) is 24.7 Å². The normalized spacial score (nSPS) is 20.5. The van der Waals surface area contributed by atoms with Crippen LogP contribution in [0.1, 0.15) is 18.5 Å². The van der Waals surface area contributed by atoms with Crippen molar-refractivity contribution < 1.29 is 4.74 Å². The number of anilines is 1. The van der Waals surface area contributed by atoms with Gasteiger partial charge in [-0.2, -0.15) is 0 Å². The van der Waals surface area contributed by atoms with Crippen molar-refractivity contribution in [3.63, 3.8) is 0 Å². The topological polar surface area (TPSA) is 34.1 Å². The molecule has 2 rings (SSSR count). The van der Waals surface area contributed by atoms with Crippen molar-refractivity contribution in [2.75, 3.05) is 25.1 Å². The van der Waals surface area contributed by atoms with Crippen LogP contribution in [0.3, 0.4) is 0 Å². The van der Waals surface area contributed by atoms with Crippen molar-refractivity contribution in [2.24, 2.45) is 5.92 Å². The lowest BCUT2D eigenvalue weighted by atomic mass is 10.1. The second-order valence-electron chi connectivity index (χ2n) is 4.11. The van der Waals surface area contributed by atoms with Gasteiger partial charge in [-0.25, -0.2) is 4.98 Å². The molecule has 1 aromatic heterocycles. The van der Waals surface area contributed by atoms with Gasteiger partial charge in [0.05, 0.1) is 0 Å². The van der Waals surface area contributed by atoms with Gasteiger partial charge in [0.1, 0.15) is 5.82 Å². The zero-order valence-corrected chi connectivity index (χ0v) is 9.20. The predicted molar refractivity (Wildman–Crippen MR) is 61.0 cm³/mol. The fourth-order valence-corrected chi connectivity index (χ4v) is 1.86. The molecule has 2 heterocycles. The summed E-state index contributed by atoms with van der Waals surface area (Å²) in [6.45, 7) is 4.87. The molecule has 0 radical (unpaired) electrons. The van der Waals surface area contributed by atoms with E-state index in [1.807, 2.05) is 25.1 Å². The first-order valence-corrected chi connectivity index (χ1v) is 5.60. The van der Waals surface area contributed by atoms with Gasteiger partial charge in [0.2, 0.25) is 0 Å². The molecule has 3 heteroatoms. The van der Waals surface area contributed by atoms with E-state index >= 15 is 0 Å². The van der Waals surface area contributed by atoms with Gasteiger partial charge < -0.3 is 10.1 Å². The summed E-state index contributed by atoms with van der Waals surface area (Å²) >= 11 is 0. The Morgan fingerprint density at radius 1 is 1.53 bits per heavy atom. The minimum Gasteiger partial charge on any atom is -0.381 e. The molecule has 1 unspecified atom stereocenters. The molecule has 1 fully saturated rings. The van der Waals surface area contributed by atoms with E-state index in [1.54, 1.807) is 0 Å². The highest BCUT2D eigenvalue weighted by Gasteiger charge is 2.14. The molecule has 1 saturated heterocycles. The molecular formula is C12H18N2O. The summed E-state index contributed by atoms with van der Waals surface area (Å²) in [6.07, 6.45) is 2.39. The number of ether oxygens (including phenoxy) is 1. The summed E-state index contributed by atoms with van der Waals surface area (Å²) in [5.41, 5.74) is 1.06. The number of nitrogens with one attached hydrogen (secondary N) is 1. The Kier molecular flexibility index (Phi) is 3.56. The van der Waals surface area contributed by atoms with Gasteiger partial charge in [-0.05, 0) is 37.8 Å². The zero-order valence-electron chi connectivity index (χ0n) is 9.20. The maximum Gasteiger partial charge on any atom is 0.126 e. The Hall–Kier alpha value is -1.09. The highest BCUT2D eigenvalue weighted by atomic mass is 16.5. The third-order valence-electron chi connectivity index (χ3n) is 2.77. The number of aryl methyl sites for hydroxylation is 1. The van der Waals surface area contributed by atoms with Crippen molar-refractivity contribution in [3.8, 4) is 0 Å². The van der Waals surface area contributed by atoms with Crippen LogP contribution in [0.25, 0.3) is 0 Å². The first-order valence-electron chi connectivity index (χ1n) is 5.60. The maximum atomic E-state index is 5.34. The number of rotatable bonds is 4. The van der Waals surface area contributed by atoms with Crippen LogP contribution in [0.15, 0.2) is 18.2 Å².